The zero-order valence-electron chi connectivity index (χ0n) is 33.1. The first-order chi connectivity index (χ1) is 28.9. The molecule has 60 heavy (non-hydrogen) atoms. The van der Waals surface area contributed by atoms with Gasteiger partial charge in [0.15, 0.2) is 0 Å². The molecule has 17 heteroatoms. The van der Waals surface area contributed by atoms with Crippen LogP contribution in [0.1, 0.15) is 34.5 Å². The highest BCUT2D eigenvalue weighted by Crippen LogP contribution is 2.40. The SMILES string of the molecule is C[C@@H]1NC(=O)[C@@H](N(C)C(=O)[C@H](CO)NC(=O)c2ccc(-c3ccc(Cl)cc3)cc2)c2ccc(OCCN)c(c2)-c2cc(ccc2OCCN)C[C@@H](C(=O)NCC#N)NC1=O. The molecule has 4 aromatic rings. The van der Waals surface area contributed by atoms with Crippen LogP contribution in [0, 0.1) is 11.3 Å². The van der Waals surface area contributed by atoms with Crippen molar-refractivity contribution >= 4 is 41.1 Å². The number of aliphatic hydroxyl groups is 1. The fourth-order valence-corrected chi connectivity index (χ4v) is 6.71. The van der Waals surface area contributed by atoms with Crippen LogP contribution < -0.4 is 42.2 Å². The fraction of sp³-hybridized carbons (Fsp3) is 0.302. The van der Waals surface area contributed by atoms with Crippen LogP contribution in [0.2, 0.25) is 5.02 Å². The molecule has 1 aliphatic heterocycles. The molecule has 0 aromatic heterocycles. The molecule has 1 heterocycles. The maximum atomic E-state index is 14.4. The Labute approximate surface area is 352 Å². The average Bonchev–Trinajstić information content (AvgIpc) is 3.25. The van der Waals surface area contributed by atoms with Gasteiger partial charge in [0.05, 0.1) is 12.7 Å². The summed E-state index contributed by atoms with van der Waals surface area (Å²) >= 11 is 6.02. The number of hydrogen-bond donors (Lipinski definition) is 7. The third-order valence-electron chi connectivity index (χ3n) is 9.66. The van der Waals surface area contributed by atoms with E-state index in [-0.39, 0.29) is 50.4 Å². The van der Waals surface area contributed by atoms with Gasteiger partial charge in [-0.1, -0.05) is 48.0 Å². The molecule has 0 fully saturated rings. The van der Waals surface area contributed by atoms with Crippen molar-refractivity contribution in [3.05, 3.63) is 107 Å². The first-order valence-corrected chi connectivity index (χ1v) is 19.5. The van der Waals surface area contributed by atoms with Gasteiger partial charge in [0.2, 0.25) is 23.6 Å². The molecule has 0 saturated heterocycles. The van der Waals surface area contributed by atoms with Crippen LogP contribution in [-0.4, -0.2) is 104 Å². The van der Waals surface area contributed by atoms with Crippen LogP contribution in [0.5, 0.6) is 11.5 Å². The molecule has 0 saturated carbocycles. The lowest BCUT2D eigenvalue weighted by atomic mass is 9.93. The van der Waals surface area contributed by atoms with Crippen molar-refractivity contribution in [1.82, 2.24) is 26.2 Å². The number of hydrogen-bond acceptors (Lipinski definition) is 11. The van der Waals surface area contributed by atoms with Gasteiger partial charge in [-0.15, -0.1) is 0 Å². The van der Waals surface area contributed by atoms with Crippen molar-refractivity contribution in [3.63, 3.8) is 0 Å². The molecule has 4 bridgehead atoms. The molecule has 5 rings (SSSR count). The van der Waals surface area contributed by atoms with Crippen molar-refractivity contribution in [2.75, 3.05) is 46.5 Å². The minimum Gasteiger partial charge on any atom is -0.492 e. The minimum absolute atomic E-state index is 0.00680. The molecule has 16 nitrogen and oxygen atoms in total. The standard InChI is InChI=1S/C43H47ClN8O8/c1-25-39(54)50-34(41(56)48-18-15-45)22-26-3-13-36(59-19-16-46)32(21-26)33-23-30(10-14-37(33)60-20-17-47)38(42(57)49-25)52(2)43(58)35(24-53)51-40(55)29-6-4-27(5-7-29)28-8-11-31(44)12-9-28/h3-14,21,23,25,34-35,38,53H,16-20,22,24,46-47H2,1-2H3,(H,48,56)(H,49,57)(H,50,54)(H,51,55)/t25-,34-,35-,38-/m0/s1. The molecule has 0 radical (unpaired) electrons. The second-order valence-corrected chi connectivity index (χ2v) is 14.3. The third kappa shape index (κ3) is 10.9. The van der Waals surface area contributed by atoms with E-state index in [0.717, 1.165) is 16.0 Å². The largest absolute Gasteiger partial charge is 0.492 e. The number of nitrogens with two attached hydrogens (primary N) is 2. The van der Waals surface area contributed by atoms with Crippen LogP contribution in [0.25, 0.3) is 22.3 Å². The monoisotopic (exact) mass is 838 g/mol. The van der Waals surface area contributed by atoms with Gasteiger partial charge >= 0.3 is 0 Å². The Balaban J connectivity index is 1.55. The Hall–Kier alpha value is -6.51. The Kier molecular flexibility index (Phi) is 15.6. The van der Waals surface area contributed by atoms with Gasteiger partial charge in [-0.25, -0.2) is 0 Å². The number of benzene rings is 4. The number of nitrogens with one attached hydrogen (secondary N) is 4. The summed E-state index contributed by atoms with van der Waals surface area (Å²) < 4.78 is 12.1. The van der Waals surface area contributed by atoms with Crippen LogP contribution >= 0.6 is 11.6 Å². The quantitative estimate of drug-likeness (QED) is 0.0903. The van der Waals surface area contributed by atoms with Gasteiger partial charge < -0.3 is 52.2 Å². The Bertz CT molecular complexity index is 2230. The predicted molar refractivity (Wildman–Crippen MR) is 224 cm³/mol. The first-order valence-electron chi connectivity index (χ1n) is 19.1. The van der Waals surface area contributed by atoms with Gasteiger partial charge in [-0.2, -0.15) is 5.26 Å². The number of likely N-dealkylation sites (N-methyl/N-ethyl adjacent to an activating group) is 1. The van der Waals surface area contributed by atoms with E-state index in [4.69, 9.17) is 37.8 Å². The van der Waals surface area contributed by atoms with E-state index < -0.39 is 60.3 Å². The smallest absolute Gasteiger partial charge is 0.251 e. The number of fused-ring (bicyclic) bond motifs is 5. The number of aliphatic hydroxyl groups excluding tert-OH is 1. The van der Waals surface area contributed by atoms with Gasteiger partial charge in [0.25, 0.3) is 5.91 Å². The maximum absolute atomic E-state index is 14.4. The molecule has 4 aromatic carbocycles. The number of amides is 5. The van der Waals surface area contributed by atoms with E-state index in [0.29, 0.717) is 33.2 Å². The second kappa shape index (κ2) is 21.0. The molecular formula is C43H47ClN8O8. The second-order valence-electron chi connectivity index (χ2n) is 13.9. The summed E-state index contributed by atoms with van der Waals surface area (Å²) in [6, 6.07) is 20.3. The van der Waals surface area contributed by atoms with Crippen molar-refractivity contribution in [3.8, 4) is 39.8 Å². The lowest BCUT2D eigenvalue weighted by molar-refractivity contribution is -0.142. The van der Waals surface area contributed by atoms with E-state index in [1.165, 1.54) is 14.0 Å². The molecule has 0 unspecified atom stereocenters. The van der Waals surface area contributed by atoms with Gasteiger partial charge in [0.1, 0.15) is 55.4 Å². The zero-order chi connectivity index (χ0) is 43.3. The summed E-state index contributed by atoms with van der Waals surface area (Å²) in [6.07, 6.45) is -0.00680. The molecule has 1 aliphatic rings. The van der Waals surface area contributed by atoms with Gasteiger partial charge in [-0.05, 0) is 77.7 Å². The maximum Gasteiger partial charge on any atom is 0.251 e. The van der Waals surface area contributed by atoms with Gasteiger partial charge in [0, 0.05) is 48.3 Å². The Morgan fingerprint density at radius 2 is 1.50 bits per heavy atom. The van der Waals surface area contributed by atoms with Gasteiger partial charge in [-0.3, -0.25) is 24.0 Å². The van der Waals surface area contributed by atoms with E-state index in [1.54, 1.807) is 72.8 Å². The summed E-state index contributed by atoms with van der Waals surface area (Å²) in [4.78, 5) is 69.9. The van der Waals surface area contributed by atoms with E-state index in [9.17, 15) is 29.1 Å². The fourth-order valence-electron chi connectivity index (χ4n) is 6.59. The summed E-state index contributed by atoms with van der Waals surface area (Å²) in [5.41, 5.74) is 15.3. The van der Waals surface area contributed by atoms with Crippen LogP contribution in [0.15, 0.2) is 84.9 Å². The lowest BCUT2D eigenvalue weighted by Crippen LogP contribution is -2.56. The molecular weight excluding hydrogens is 792 g/mol. The number of carbonyl (C=O) groups is 5. The van der Waals surface area contributed by atoms with Crippen LogP contribution in [-0.2, 0) is 25.6 Å². The van der Waals surface area contributed by atoms with Crippen molar-refractivity contribution < 1.29 is 38.6 Å². The minimum atomic E-state index is -1.49. The number of nitriles is 1. The molecule has 4 atom stereocenters. The van der Waals surface area contributed by atoms with Crippen molar-refractivity contribution in [1.29, 1.82) is 5.26 Å². The topological polar surface area (TPSA) is 251 Å². The molecule has 5 amide bonds. The number of halogens is 1. The molecule has 0 spiro atoms. The molecule has 314 valence electrons. The first kappa shape index (κ1) is 44.6. The highest BCUT2D eigenvalue weighted by molar-refractivity contribution is 6.30. The van der Waals surface area contributed by atoms with Crippen LogP contribution in [0.3, 0.4) is 0 Å². The number of carbonyl (C=O) groups excluding carboxylic acids is 5. The van der Waals surface area contributed by atoms with Crippen molar-refractivity contribution in [2.24, 2.45) is 11.5 Å². The molecule has 0 aliphatic carbocycles. The number of ether oxygens (including phenoxy) is 2. The Morgan fingerprint density at radius 3 is 2.10 bits per heavy atom. The van der Waals surface area contributed by atoms with E-state index in [2.05, 4.69) is 21.3 Å². The van der Waals surface area contributed by atoms with E-state index in [1.807, 2.05) is 18.2 Å². The Morgan fingerprint density at radius 1 is 0.900 bits per heavy atom. The summed E-state index contributed by atoms with van der Waals surface area (Å²) in [7, 11) is 1.33. The number of nitrogens with zero attached hydrogens (tertiary/aromatic N) is 2. The number of rotatable bonds is 14. The lowest BCUT2D eigenvalue weighted by Gasteiger charge is -2.32. The highest BCUT2D eigenvalue weighted by atomic mass is 35.5. The van der Waals surface area contributed by atoms with Crippen LogP contribution in [0.4, 0.5) is 0 Å². The highest BCUT2D eigenvalue weighted by Gasteiger charge is 2.36. The summed E-state index contributed by atoms with van der Waals surface area (Å²) in [5, 5.41) is 30.5. The average molecular weight is 839 g/mol. The third-order valence-corrected chi connectivity index (χ3v) is 9.92. The predicted octanol–water partition coefficient (Wildman–Crippen LogP) is 1.82. The normalized spacial score (nSPS) is 16.8. The summed E-state index contributed by atoms with van der Waals surface area (Å²) in [6.45, 7) is 0.922. The zero-order valence-corrected chi connectivity index (χ0v) is 33.8. The van der Waals surface area contributed by atoms with E-state index >= 15 is 0 Å². The summed E-state index contributed by atoms with van der Waals surface area (Å²) in [5.74, 6) is -2.90. The van der Waals surface area contributed by atoms with Crippen molar-refractivity contribution in [2.45, 2.75) is 37.5 Å². The molecule has 9 N–H and O–H groups in total.